The van der Waals surface area contributed by atoms with E-state index in [0.717, 1.165) is 6.42 Å². The molecular formula is C19H28N2O4S. The Hall–Kier alpha value is -1.89. The molecule has 0 radical (unpaired) electrons. The molecule has 1 aromatic heterocycles. The molecule has 2 heterocycles. The minimum absolute atomic E-state index is 0.00314. The van der Waals surface area contributed by atoms with Gasteiger partial charge < -0.3 is 15.3 Å². The summed E-state index contributed by atoms with van der Waals surface area (Å²) in [6.07, 6.45) is 2.06. The average molecular weight is 381 g/mol. The van der Waals surface area contributed by atoms with E-state index in [2.05, 4.69) is 5.32 Å². The lowest BCUT2D eigenvalue weighted by Gasteiger charge is -2.27. The number of fused-ring (bicyclic) bond motifs is 1. The van der Waals surface area contributed by atoms with Crippen LogP contribution in [0.1, 0.15) is 56.9 Å². The molecule has 6 nitrogen and oxygen atoms in total. The van der Waals surface area contributed by atoms with E-state index in [4.69, 9.17) is 0 Å². The van der Waals surface area contributed by atoms with Crippen LogP contribution < -0.4 is 5.32 Å². The normalized spacial score (nSPS) is 15.3. The fourth-order valence-corrected chi connectivity index (χ4v) is 3.83. The zero-order valence-corrected chi connectivity index (χ0v) is 16.5. The van der Waals surface area contributed by atoms with Crippen molar-refractivity contribution in [2.45, 2.75) is 65.5 Å². The summed E-state index contributed by atoms with van der Waals surface area (Å²) in [6, 6.07) is 1.14. The summed E-state index contributed by atoms with van der Waals surface area (Å²) in [7, 11) is 0. The molecule has 0 aliphatic carbocycles. The monoisotopic (exact) mass is 380 g/mol. The van der Waals surface area contributed by atoms with E-state index in [0.29, 0.717) is 25.9 Å². The van der Waals surface area contributed by atoms with Crippen molar-refractivity contribution in [3.8, 4) is 0 Å². The van der Waals surface area contributed by atoms with Gasteiger partial charge in [0.2, 0.25) is 11.8 Å². The molecule has 0 aromatic carbocycles. The summed E-state index contributed by atoms with van der Waals surface area (Å²) >= 11 is 1.72. The molecule has 0 spiro atoms. The van der Waals surface area contributed by atoms with Crippen LogP contribution in [0, 0.1) is 5.41 Å². The van der Waals surface area contributed by atoms with Gasteiger partial charge >= 0.3 is 5.97 Å². The molecule has 2 rings (SSSR count). The smallest absolute Gasteiger partial charge is 0.326 e. The van der Waals surface area contributed by atoms with E-state index >= 15 is 0 Å². The van der Waals surface area contributed by atoms with Crippen molar-refractivity contribution in [1.82, 2.24) is 10.2 Å². The van der Waals surface area contributed by atoms with Gasteiger partial charge in [0.15, 0.2) is 0 Å². The Morgan fingerprint density at radius 3 is 2.69 bits per heavy atom. The second kappa shape index (κ2) is 8.66. The average Bonchev–Trinajstić information content (AvgIpc) is 3.02. The van der Waals surface area contributed by atoms with E-state index in [1.54, 1.807) is 16.2 Å². The van der Waals surface area contributed by atoms with Gasteiger partial charge in [-0.25, -0.2) is 4.79 Å². The Morgan fingerprint density at radius 1 is 1.31 bits per heavy atom. The van der Waals surface area contributed by atoms with Crippen molar-refractivity contribution in [2.24, 2.45) is 5.41 Å². The molecule has 2 N–H and O–H groups in total. The van der Waals surface area contributed by atoms with Crippen LogP contribution in [0.2, 0.25) is 0 Å². The van der Waals surface area contributed by atoms with Gasteiger partial charge in [0.1, 0.15) is 6.04 Å². The largest absolute Gasteiger partial charge is 0.480 e. The highest BCUT2D eigenvalue weighted by Crippen LogP contribution is 2.24. The summed E-state index contributed by atoms with van der Waals surface area (Å²) in [6.45, 7) is 7.37. The van der Waals surface area contributed by atoms with Crippen LogP contribution in [0.15, 0.2) is 11.4 Å². The van der Waals surface area contributed by atoms with Crippen molar-refractivity contribution in [3.63, 3.8) is 0 Å². The Labute approximate surface area is 158 Å². The lowest BCUT2D eigenvalue weighted by Crippen LogP contribution is -2.42. The fourth-order valence-electron chi connectivity index (χ4n) is 2.94. The van der Waals surface area contributed by atoms with Crippen LogP contribution in [0.4, 0.5) is 0 Å². The predicted octanol–water partition coefficient (Wildman–Crippen LogP) is 2.81. The molecular weight excluding hydrogens is 352 g/mol. The van der Waals surface area contributed by atoms with E-state index in [1.807, 2.05) is 32.2 Å². The van der Waals surface area contributed by atoms with Crippen LogP contribution in [-0.2, 0) is 27.3 Å². The third-order valence-electron chi connectivity index (χ3n) is 4.54. The van der Waals surface area contributed by atoms with E-state index in [1.165, 1.54) is 10.4 Å². The summed E-state index contributed by atoms with van der Waals surface area (Å²) in [4.78, 5) is 38.9. The number of thiophene rings is 1. The molecule has 0 saturated carbocycles. The number of carboxylic acid groups (broad SMARTS) is 1. The van der Waals surface area contributed by atoms with Gasteiger partial charge in [-0.2, -0.15) is 0 Å². The Kier molecular flexibility index (Phi) is 6.81. The summed E-state index contributed by atoms with van der Waals surface area (Å²) in [5.41, 5.74) is 1.19. The second-order valence-electron chi connectivity index (χ2n) is 7.99. The number of carbonyl (C=O) groups excluding carboxylic acids is 2. The molecule has 26 heavy (non-hydrogen) atoms. The number of nitrogens with one attached hydrogen (secondary N) is 1. The third kappa shape index (κ3) is 6.12. The van der Waals surface area contributed by atoms with Gasteiger partial charge in [-0.1, -0.05) is 20.8 Å². The van der Waals surface area contributed by atoms with E-state index < -0.39 is 12.0 Å². The number of carboxylic acids is 1. The zero-order chi connectivity index (χ0) is 19.3. The molecule has 1 aliphatic rings. The first-order chi connectivity index (χ1) is 12.2. The SMILES string of the molecule is CC(C)(C)CCC(NC(=O)CCC(=O)N1CCc2sccc2C1)C(=O)O. The molecule has 144 valence electrons. The predicted molar refractivity (Wildman–Crippen MR) is 101 cm³/mol. The number of nitrogens with zero attached hydrogens (tertiary/aromatic N) is 1. The third-order valence-corrected chi connectivity index (χ3v) is 5.57. The molecule has 1 aliphatic heterocycles. The number of hydrogen-bond donors (Lipinski definition) is 2. The van der Waals surface area contributed by atoms with Gasteiger partial charge in [0, 0.05) is 30.8 Å². The number of carbonyl (C=O) groups is 3. The number of aliphatic carboxylic acids is 1. The minimum atomic E-state index is -1.03. The van der Waals surface area contributed by atoms with Crippen LogP contribution >= 0.6 is 11.3 Å². The summed E-state index contributed by atoms with van der Waals surface area (Å²) in [5.74, 6) is -1.47. The quantitative estimate of drug-likeness (QED) is 0.761. The molecule has 0 bridgehead atoms. The van der Waals surface area contributed by atoms with Crippen LogP contribution in [0.3, 0.4) is 0 Å². The molecule has 0 saturated heterocycles. The van der Waals surface area contributed by atoms with Gasteiger partial charge in [0.05, 0.1) is 0 Å². The number of rotatable bonds is 7. The van der Waals surface area contributed by atoms with E-state index in [-0.39, 0.29) is 30.1 Å². The summed E-state index contributed by atoms with van der Waals surface area (Å²) in [5, 5.41) is 13.9. The molecule has 1 unspecified atom stereocenters. The lowest BCUT2D eigenvalue weighted by atomic mass is 9.88. The van der Waals surface area contributed by atoms with Crippen LogP contribution in [0.25, 0.3) is 0 Å². The van der Waals surface area contributed by atoms with Crippen LogP contribution in [-0.4, -0.2) is 40.4 Å². The highest BCUT2D eigenvalue weighted by atomic mass is 32.1. The minimum Gasteiger partial charge on any atom is -0.480 e. The number of amides is 2. The highest BCUT2D eigenvalue weighted by Gasteiger charge is 2.25. The first kappa shape index (κ1) is 20.4. The molecule has 1 aromatic rings. The molecule has 2 amide bonds. The maximum absolute atomic E-state index is 12.3. The van der Waals surface area contributed by atoms with Crippen molar-refractivity contribution >= 4 is 29.1 Å². The van der Waals surface area contributed by atoms with Gasteiger partial charge in [-0.15, -0.1) is 11.3 Å². The first-order valence-electron chi connectivity index (χ1n) is 9.01. The second-order valence-corrected chi connectivity index (χ2v) is 8.99. The van der Waals surface area contributed by atoms with Crippen LogP contribution in [0.5, 0.6) is 0 Å². The van der Waals surface area contributed by atoms with Crippen molar-refractivity contribution in [2.75, 3.05) is 6.54 Å². The Bertz CT molecular complexity index is 663. The first-order valence-corrected chi connectivity index (χ1v) is 9.89. The van der Waals surface area contributed by atoms with Crippen molar-refractivity contribution in [1.29, 1.82) is 0 Å². The summed E-state index contributed by atoms with van der Waals surface area (Å²) < 4.78 is 0. The Balaban J connectivity index is 1.78. The van der Waals surface area contributed by atoms with Gasteiger partial charge in [-0.05, 0) is 41.7 Å². The van der Waals surface area contributed by atoms with Crippen molar-refractivity contribution in [3.05, 3.63) is 21.9 Å². The van der Waals surface area contributed by atoms with E-state index in [9.17, 15) is 19.5 Å². The zero-order valence-electron chi connectivity index (χ0n) is 15.7. The van der Waals surface area contributed by atoms with Gasteiger partial charge in [-0.3, -0.25) is 9.59 Å². The van der Waals surface area contributed by atoms with Gasteiger partial charge in [0.25, 0.3) is 0 Å². The highest BCUT2D eigenvalue weighted by molar-refractivity contribution is 7.10. The topological polar surface area (TPSA) is 86.7 Å². The standard InChI is InChI=1S/C19H28N2O4S/c1-19(2,3)9-6-14(18(24)25)20-16(22)4-5-17(23)21-10-7-15-13(12-21)8-11-26-15/h8,11,14H,4-7,9-10,12H2,1-3H3,(H,20,22)(H,24,25). The maximum Gasteiger partial charge on any atom is 0.326 e. The fraction of sp³-hybridized carbons (Fsp3) is 0.632. The molecule has 7 heteroatoms. The maximum atomic E-state index is 12.3. The number of hydrogen-bond acceptors (Lipinski definition) is 4. The molecule has 1 atom stereocenters. The molecule has 0 fully saturated rings. The lowest BCUT2D eigenvalue weighted by molar-refractivity contribution is -0.142. The Morgan fingerprint density at radius 2 is 2.04 bits per heavy atom. The van der Waals surface area contributed by atoms with Crippen molar-refractivity contribution < 1.29 is 19.5 Å².